The Balaban J connectivity index is 1.48. The highest BCUT2D eigenvalue weighted by Gasteiger charge is 2.32. The van der Waals surface area contributed by atoms with Gasteiger partial charge in [0, 0.05) is 37.8 Å². The van der Waals surface area contributed by atoms with E-state index in [1.165, 1.54) is 12.1 Å². The van der Waals surface area contributed by atoms with Crippen molar-refractivity contribution in [1.29, 1.82) is 0 Å². The summed E-state index contributed by atoms with van der Waals surface area (Å²) in [4.78, 5) is 31.5. The molecule has 2 amide bonds. The highest BCUT2D eigenvalue weighted by atomic mass is 19.1. The van der Waals surface area contributed by atoms with Crippen LogP contribution in [0.5, 0.6) is 5.75 Å². The second kappa shape index (κ2) is 11.8. The molecule has 0 saturated heterocycles. The third-order valence-corrected chi connectivity index (χ3v) is 6.21. The number of ether oxygens (including phenoxy) is 1. The number of rotatable bonds is 9. The van der Waals surface area contributed by atoms with Crippen LogP contribution in [-0.4, -0.2) is 41.4 Å². The van der Waals surface area contributed by atoms with Crippen molar-refractivity contribution < 1.29 is 18.7 Å². The number of carbonyl (C=O) groups excluding carboxylic acids is 2. The Bertz CT molecular complexity index is 1200. The predicted octanol–water partition coefficient (Wildman–Crippen LogP) is 4.48. The molecule has 1 aliphatic heterocycles. The Labute approximate surface area is 211 Å². The van der Waals surface area contributed by atoms with E-state index in [-0.39, 0.29) is 30.2 Å². The van der Waals surface area contributed by atoms with Crippen molar-refractivity contribution in [2.45, 2.75) is 39.2 Å². The molecule has 0 unspecified atom stereocenters. The van der Waals surface area contributed by atoms with Gasteiger partial charge in [0.1, 0.15) is 11.6 Å². The van der Waals surface area contributed by atoms with E-state index in [0.29, 0.717) is 38.1 Å². The van der Waals surface area contributed by atoms with Crippen LogP contribution in [0.1, 0.15) is 48.7 Å². The van der Waals surface area contributed by atoms with E-state index in [0.717, 1.165) is 22.4 Å². The Morgan fingerprint density at radius 3 is 2.75 bits per heavy atom. The van der Waals surface area contributed by atoms with Crippen molar-refractivity contribution in [3.05, 3.63) is 95.1 Å². The lowest BCUT2D eigenvalue weighted by molar-refractivity contribution is -0.134. The second-order valence-electron chi connectivity index (χ2n) is 9.46. The number of hydrogen-bond acceptors (Lipinski definition) is 4. The Morgan fingerprint density at radius 1 is 1.14 bits per heavy atom. The first-order valence-electron chi connectivity index (χ1n) is 12.4. The van der Waals surface area contributed by atoms with E-state index in [1.54, 1.807) is 12.3 Å². The summed E-state index contributed by atoms with van der Waals surface area (Å²) in [5, 5.41) is 2.85. The molecular weight excluding hydrogens is 457 g/mol. The number of benzene rings is 2. The fraction of sp³-hybridized carbons (Fsp3) is 0.345. The summed E-state index contributed by atoms with van der Waals surface area (Å²) in [6.45, 7) is 4.94. The smallest absolute Gasteiger partial charge is 0.257 e. The normalized spacial score (nSPS) is 14.9. The second-order valence-corrected chi connectivity index (χ2v) is 9.46. The molecule has 2 aromatic carbocycles. The highest BCUT2D eigenvalue weighted by molar-refractivity contribution is 5.78. The first-order chi connectivity index (χ1) is 17.4. The largest absolute Gasteiger partial charge is 0.484 e. The quantitative estimate of drug-likeness (QED) is 0.481. The van der Waals surface area contributed by atoms with Crippen molar-refractivity contribution in [3.8, 4) is 5.75 Å². The maximum absolute atomic E-state index is 14.2. The molecule has 0 saturated carbocycles. The average Bonchev–Trinajstić information content (AvgIpc) is 2.87. The van der Waals surface area contributed by atoms with Crippen LogP contribution in [0.2, 0.25) is 0 Å². The van der Waals surface area contributed by atoms with Crippen molar-refractivity contribution in [1.82, 2.24) is 15.2 Å². The molecular formula is C29H32FN3O3. The zero-order valence-corrected chi connectivity index (χ0v) is 20.7. The number of hydrogen-bond donors (Lipinski definition) is 1. The van der Waals surface area contributed by atoms with Gasteiger partial charge in [-0.15, -0.1) is 0 Å². The monoisotopic (exact) mass is 489 g/mol. The van der Waals surface area contributed by atoms with Gasteiger partial charge in [0.05, 0.1) is 6.04 Å². The van der Waals surface area contributed by atoms with Crippen molar-refractivity contribution in [2.24, 2.45) is 5.92 Å². The summed E-state index contributed by atoms with van der Waals surface area (Å²) in [5.41, 5.74) is 3.62. The van der Waals surface area contributed by atoms with E-state index in [2.05, 4.69) is 10.3 Å². The topological polar surface area (TPSA) is 71.5 Å². The van der Waals surface area contributed by atoms with E-state index in [4.69, 9.17) is 4.74 Å². The average molecular weight is 490 g/mol. The first kappa shape index (κ1) is 25.4. The maximum Gasteiger partial charge on any atom is 0.257 e. The van der Waals surface area contributed by atoms with Crippen molar-refractivity contribution in [2.75, 3.05) is 19.7 Å². The number of halogens is 1. The van der Waals surface area contributed by atoms with Crippen LogP contribution in [-0.2, 0) is 22.4 Å². The molecule has 6 nitrogen and oxygen atoms in total. The number of amides is 2. The minimum absolute atomic E-state index is 0.0449. The van der Waals surface area contributed by atoms with Crippen LogP contribution >= 0.6 is 0 Å². The summed E-state index contributed by atoms with van der Waals surface area (Å²) in [5.74, 6) is 0.236. The van der Waals surface area contributed by atoms with Crippen LogP contribution in [0, 0.1) is 11.7 Å². The SMILES string of the molecule is CC(C)CC(=O)N1CCc2ccc(OCC(=O)NCCc3ccccn3)cc2[C@@H]1c1cccc(F)c1. The number of fused-ring (bicyclic) bond motifs is 1. The van der Waals surface area contributed by atoms with E-state index < -0.39 is 6.04 Å². The van der Waals surface area contributed by atoms with E-state index >= 15 is 0 Å². The Hall–Kier alpha value is -3.74. The first-order valence-corrected chi connectivity index (χ1v) is 12.4. The van der Waals surface area contributed by atoms with Gasteiger partial charge in [-0.3, -0.25) is 14.6 Å². The zero-order valence-electron chi connectivity index (χ0n) is 20.7. The molecule has 1 atom stereocenters. The fourth-order valence-corrected chi connectivity index (χ4v) is 4.53. The molecule has 1 aliphatic rings. The Kier molecular flexibility index (Phi) is 8.31. The third kappa shape index (κ3) is 6.47. The van der Waals surface area contributed by atoms with E-state index in [9.17, 15) is 14.0 Å². The van der Waals surface area contributed by atoms with Crippen LogP contribution in [0.4, 0.5) is 4.39 Å². The van der Waals surface area contributed by atoms with Gasteiger partial charge in [-0.05, 0) is 65.4 Å². The molecule has 0 spiro atoms. The molecule has 0 radical (unpaired) electrons. The van der Waals surface area contributed by atoms with Gasteiger partial charge in [0.2, 0.25) is 5.91 Å². The molecule has 7 heteroatoms. The molecule has 36 heavy (non-hydrogen) atoms. The lowest BCUT2D eigenvalue weighted by Crippen LogP contribution is -2.41. The summed E-state index contributed by atoms with van der Waals surface area (Å²) in [6.07, 6.45) is 3.50. The molecule has 0 fully saturated rings. The molecule has 2 heterocycles. The van der Waals surface area contributed by atoms with Gasteiger partial charge in [-0.1, -0.05) is 38.1 Å². The summed E-state index contributed by atoms with van der Waals surface area (Å²) in [6, 6.07) is 17.4. The summed E-state index contributed by atoms with van der Waals surface area (Å²) < 4.78 is 20.0. The molecule has 3 aromatic rings. The molecule has 1 aromatic heterocycles. The van der Waals surface area contributed by atoms with Gasteiger partial charge in [0.25, 0.3) is 5.91 Å². The standard InChI is InChI=1S/C29H32FN3O3/c1-20(2)16-28(35)33-15-12-21-9-10-25(18-26(21)29(33)22-6-5-7-23(30)17-22)36-19-27(34)32-14-11-24-8-3-4-13-31-24/h3-10,13,17-18,20,29H,11-12,14-16,19H2,1-2H3,(H,32,34)/t29-/m0/s1. The summed E-state index contributed by atoms with van der Waals surface area (Å²) >= 11 is 0. The van der Waals surface area contributed by atoms with Crippen LogP contribution in [0.3, 0.4) is 0 Å². The lowest BCUT2D eigenvalue weighted by Gasteiger charge is -2.38. The Morgan fingerprint density at radius 2 is 2.00 bits per heavy atom. The van der Waals surface area contributed by atoms with Crippen molar-refractivity contribution in [3.63, 3.8) is 0 Å². The predicted molar refractivity (Wildman–Crippen MR) is 136 cm³/mol. The molecule has 188 valence electrons. The number of carbonyl (C=O) groups is 2. The molecule has 1 N–H and O–H groups in total. The highest BCUT2D eigenvalue weighted by Crippen LogP contribution is 2.38. The number of pyridine rings is 1. The minimum atomic E-state index is -0.411. The van der Waals surface area contributed by atoms with Gasteiger partial charge < -0.3 is 15.0 Å². The minimum Gasteiger partial charge on any atom is -0.484 e. The van der Waals surface area contributed by atoms with E-state index in [1.807, 2.05) is 61.2 Å². The number of aromatic nitrogens is 1. The van der Waals surface area contributed by atoms with Crippen LogP contribution in [0.15, 0.2) is 66.9 Å². The van der Waals surface area contributed by atoms with Gasteiger partial charge in [-0.25, -0.2) is 4.39 Å². The fourth-order valence-electron chi connectivity index (χ4n) is 4.53. The molecule has 0 aliphatic carbocycles. The van der Waals surface area contributed by atoms with Gasteiger partial charge >= 0.3 is 0 Å². The van der Waals surface area contributed by atoms with Crippen LogP contribution in [0.25, 0.3) is 0 Å². The number of nitrogens with zero attached hydrogens (tertiary/aromatic N) is 2. The third-order valence-electron chi connectivity index (χ3n) is 6.21. The molecule has 0 bridgehead atoms. The number of nitrogens with one attached hydrogen (secondary N) is 1. The van der Waals surface area contributed by atoms with Crippen LogP contribution < -0.4 is 10.1 Å². The maximum atomic E-state index is 14.2. The zero-order chi connectivity index (χ0) is 25.5. The lowest BCUT2D eigenvalue weighted by atomic mass is 9.87. The summed E-state index contributed by atoms with van der Waals surface area (Å²) in [7, 11) is 0. The van der Waals surface area contributed by atoms with Crippen molar-refractivity contribution >= 4 is 11.8 Å². The van der Waals surface area contributed by atoms with Gasteiger partial charge in [-0.2, -0.15) is 0 Å². The molecule has 4 rings (SSSR count). The van der Waals surface area contributed by atoms with Gasteiger partial charge in [0.15, 0.2) is 6.61 Å².